The summed E-state index contributed by atoms with van der Waals surface area (Å²) in [6.07, 6.45) is 0.825. The van der Waals surface area contributed by atoms with Crippen LogP contribution in [-0.2, 0) is 15.0 Å². The molecule has 0 spiro atoms. The smallest absolute Gasteiger partial charge is 0.313 e. The van der Waals surface area contributed by atoms with Gasteiger partial charge in [0.25, 0.3) is 5.91 Å². The van der Waals surface area contributed by atoms with Crippen molar-refractivity contribution in [3.63, 3.8) is 0 Å². The Kier molecular flexibility index (Phi) is 8.19. The number of carboxylic acid groups (broad SMARTS) is 1. The van der Waals surface area contributed by atoms with Gasteiger partial charge in [0.15, 0.2) is 0 Å². The number of likely N-dealkylation sites (tertiary alicyclic amines) is 1. The van der Waals surface area contributed by atoms with Gasteiger partial charge in [-0.15, -0.1) is 0 Å². The van der Waals surface area contributed by atoms with Gasteiger partial charge in [0, 0.05) is 23.7 Å². The number of amides is 2. The molecule has 2 aromatic carbocycles. The summed E-state index contributed by atoms with van der Waals surface area (Å²) in [5.41, 5.74) is 0.797. The molecular weight excluding hydrogens is 476 g/mol. The van der Waals surface area contributed by atoms with E-state index in [4.69, 9.17) is 11.6 Å². The van der Waals surface area contributed by atoms with E-state index in [1.165, 1.54) is 5.56 Å². The van der Waals surface area contributed by atoms with Gasteiger partial charge in [0.1, 0.15) is 6.04 Å². The first-order valence-corrected chi connectivity index (χ1v) is 12.8. The molecule has 0 bridgehead atoms. The maximum atomic E-state index is 13.6. The summed E-state index contributed by atoms with van der Waals surface area (Å²) >= 11 is 6.07. The number of nitrogens with one attached hydrogen (secondary N) is 1. The monoisotopic (exact) mass is 512 g/mol. The highest BCUT2D eigenvalue weighted by Gasteiger charge is 2.40. The lowest BCUT2D eigenvalue weighted by molar-refractivity contribution is -0.142. The second kappa shape index (κ2) is 10.6. The lowest BCUT2D eigenvalue weighted by Crippen LogP contribution is -2.55. The molecule has 194 valence electrons. The molecule has 3 rings (SSSR count). The first kappa shape index (κ1) is 27.7. The van der Waals surface area contributed by atoms with Gasteiger partial charge in [-0.3, -0.25) is 14.4 Å². The standard InChI is InChI=1S/C29H37ClN2O4/c1-18(2)24(31-25(33)20-8-7-9-21(16-20)29(5,6)27(35)36)26(34)32-15-14-23(28(3,4)17-32)19-10-12-22(30)13-11-19/h7-13,16,18,23-24H,14-15,17H2,1-6H3,(H,31,33)(H,35,36). The highest BCUT2D eigenvalue weighted by Crippen LogP contribution is 2.42. The number of aliphatic carboxylic acids is 1. The van der Waals surface area contributed by atoms with Crippen molar-refractivity contribution in [2.24, 2.45) is 11.3 Å². The maximum absolute atomic E-state index is 13.6. The molecule has 0 aliphatic carbocycles. The Bertz CT molecular complexity index is 1120. The second-order valence-corrected chi connectivity index (χ2v) is 11.8. The molecule has 2 N–H and O–H groups in total. The molecule has 2 aromatic rings. The third-order valence-electron chi connectivity index (χ3n) is 7.41. The van der Waals surface area contributed by atoms with Gasteiger partial charge >= 0.3 is 5.97 Å². The maximum Gasteiger partial charge on any atom is 0.313 e. The van der Waals surface area contributed by atoms with Gasteiger partial charge < -0.3 is 15.3 Å². The predicted octanol–water partition coefficient (Wildman–Crippen LogP) is 5.50. The summed E-state index contributed by atoms with van der Waals surface area (Å²) in [5.74, 6) is -1.27. The zero-order chi connectivity index (χ0) is 26.8. The number of carboxylic acids is 1. The zero-order valence-corrected chi connectivity index (χ0v) is 22.7. The van der Waals surface area contributed by atoms with Crippen LogP contribution in [0.2, 0.25) is 5.02 Å². The van der Waals surface area contributed by atoms with Crippen LogP contribution >= 0.6 is 11.6 Å². The number of rotatable bonds is 7. The highest BCUT2D eigenvalue weighted by atomic mass is 35.5. The van der Waals surface area contributed by atoms with Crippen molar-refractivity contribution < 1.29 is 19.5 Å². The van der Waals surface area contributed by atoms with Crippen molar-refractivity contribution >= 4 is 29.4 Å². The molecule has 1 aliphatic rings. The van der Waals surface area contributed by atoms with Crippen molar-refractivity contribution in [2.75, 3.05) is 13.1 Å². The third-order valence-corrected chi connectivity index (χ3v) is 7.67. The summed E-state index contributed by atoms with van der Waals surface area (Å²) in [7, 11) is 0. The average molecular weight is 513 g/mol. The Morgan fingerprint density at radius 3 is 2.31 bits per heavy atom. The molecule has 0 aromatic heterocycles. The summed E-state index contributed by atoms with van der Waals surface area (Å²) in [5, 5.41) is 13.2. The SMILES string of the molecule is CC(C)C(NC(=O)c1cccc(C(C)(C)C(=O)O)c1)C(=O)N1CCC(c2ccc(Cl)cc2)C(C)(C)C1. The number of nitrogens with zero attached hydrogens (tertiary/aromatic N) is 1. The van der Waals surface area contributed by atoms with Crippen molar-refractivity contribution in [1.29, 1.82) is 0 Å². The fraction of sp³-hybridized carbons (Fsp3) is 0.483. The summed E-state index contributed by atoms with van der Waals surface area (Å²) in [6, 6.07) is 13.8. The molecule has 6 nitrogen and oxygen atoms in total. The van der Waals surface area contributed by atoms with E-state index in [2.05, 4.69) is 31.3 Å². The summed E-state index contributed by atoms with van der Waals surface area (Å²) < 4.78 is 0. The van der Waals surface area contributed by atoms with Crippen LogP contribution in [0, 0.1) is 11.3 Å². The fourth-order valence-corrected chi connectivity index (χ4v) is 5.09. The van der Waals surface area contributed by atoms with Crippen molar-refractivity contribution in [3.05, 3.63) is 70.2 Å². The minimum Gasteiger partial charge on any atom is -0.481 e. The normalized spacial score (nSPS) is 18.6. The molecule has 1 heterocycles. The Balaban J connectivity index is 1.75. The topological polar surface area (TPSA) is 86.7 Å². The minimum absolute atomic E-state index is 0.0944. The van der Waals surface area contributed by atoms with E-state index >= 15 is 0 Å². The van der Waals surface area contributed by atoms with E-state index in [-0.39, 0.29) is 23.1 Å². The van der Waals surface area contributed by atoms with E-state index in [0.717, 1.165) is 6.42 Å². The van der Waals surface area contributed by atoms with Gasteiger partial charge in [-0.1, -0.05) is 63.6 Å². The van der Waals surface area contributed by atoms with Gasteiger partial charge in [-0.05, 0) is 72.9 Å². The molecule has 0 saturated carbocycles. The highest BCUT2D eigenvalue weighted by molar-refractivity contribution is 6.30. The van der Waals surface area contributed by atoms with E-state index in [1.54, 1.807) is 38.1 Å². The number of carbonyl (C=O) groups is 3. The summed E-state index contributed by atoms with van der Waals surface area (Å²) in [4.78, 5) is 40.3. The third kappa shape index (κ3) is 5.92. The molecule has 2 unspecified atom stereocenters. The van der Waals surface area contributed by atoms with Crippen LogP contribution in [0.1, 0.15) is 75.4 Å². The average Bonchev–Trinajstić information content (AvgIpc) is 2.81. The predicted molar refractivity (Wildman–Crippen MR) is 142 cm³/mol. The first-order valence-electron chi connectivity index (χ1n) is 12.4. The number of piperidine rings is 1. The van der Waals surface area contributed by atoms with Crippen LogP contribution < -0.4 is 5.32 Å². The van der Waals surface area contributed by atoms with Crippen molar-refractivity contribution in [3.8, 4) is 0 Å². The Morgan fingerprint density at radius 1 is 1.11 bits per heavy atom. The van der Waals surface area contributed by atoms with E-state index in [0.29, 0.717) is 35.2 Å². The number of carbonyl (C=O) groups excluding carboxylic acids is 2. The number of hydrogen-bond acceptors (Lipinski definition) is 3. The number of hydrogen-bond donors (Lipinski definition) is 2. The lowest BCUT2D eigenvalue weighted by atomic mass is 9.70. The van der Waals surface area contributed by atoms with Gasteiger partial charge in [0.05, 0.1) is 5.41 Å². The molecule has 2 atom stereocenters. The Morgan fingerprint density at radius 2 is 1.75 bits per heavy atom. The Labute approximate surface area is 219 Å². The largest absolute Gasteiger partial charge is 0.481 e. The number of halogens is 1. The van der Waals surface area contributed by atoms with Gasteiger partial charge in [0.2, 0.25) is 5.91 Å². The molecule has 1 saturated heterocycles. The molecule has 0 radical (unpaired) electrons. The quantitative estimate of drug-likeness (QED) is 0.513. The van der Waals surface area contributed by atoms with Crippen molar-refractivity contribution in [1.82, 2.24) is 10.2 Å². The minimum atomic E-state index is -1.14. The molecule has 36 heavy (non-hydrogen) atoms. The summed E-state index contributed by atoms with van der Waals surface area (Å²) in [6.45, 7) is 12.6. The molecular formula is C29H37ClN2O4. The van der Waals surface area contributed by atoms with Crippen LogP contribution in [0.3, 0.4) is 0 Å². The zero-order valence-electron chi connectivity index (χ0n) is 22.0. The van der Waals surface area contributed by atoms with Crippen LogP contribution in [0.25, 0.3) is 0 Å². The van der Waals surface area contributed by atoms with E-state index < -0.39 is 17.4 Å². The lowest BCUT2D eigenvalue weighted by Gasteiger charge is -2.45. The van der Waals surface area contributed by atoms with Crippen LogP contribution in [0.15, 0.2) is 48.5 Å². The van der Waals surface area contributed by atoms with Gasteiger partial charge in [-0.25, -0.2) is 0 Å². The van der Waals surface area contributed by atoms with Crippen LogP contribution in [-0.4, -0.2) is 46.9 Å². The Hall–Kier alpha value is -2.86. The van der Waals surface area contributed by atoms with Crippen LogP contribution in [0.4, 0.5) is 0 Å². The van der Waals surface area contributed by atoms with Crippen LogP contribution in [0.5, 0.6) is 0 Å². The molecule has 2 amide bonds. The van der Waals surface area contributed by atoms with Crippen molar-refractivity contribution in [2.45, 2.75) is 65.3 Å². The first-order chi connectivity index (χ1) is 16.7. The van der Waals surface area contributed by atoms with E-state index in [1.807, 2.05) is 30.9 Å². The molecule has 1 fully saturated rings. The van der Waals surface area contributed by atoms with E-state index in [9.17, 15) is 19.5 Å². The van der Waals surface area contributed by atoms with Gasteiger partial charge in [-0.2, -0.15) is 0 Å². The molecule has 7 heteroatoms. The molecule has 1 aliphatic heterocycles. The fourth-order valence-electron chi connectivity index (χ4n) is 4.97. The number of benzene rings is 2. The second-order valence-electron chi connectivity index (χ2n) is 11.3.